The molecule has 0 fully saturated rings. The van der Waals surface area contributed by atoms with Crippen LogP contribution in [-0.2, 0) is 21.4 Å². The zero-order valence-electron chi connectivity index (χ0n) is 13.4. The van der Waals surface area contributed by atoms with E-state index in [1.165, 1.54) is 35.2 Å². The number of likely N-dealkylation sites (N-methyl/N-ethyl adjacent to an activating group) is 1. The Morgan fingerprint density at radius 3 is 2.56 bits per heavy atom. The van der Waals surface area contributed by atoms with Crippen molar-refractivity contribution in [2.24, 2.45) is 5.14 Å². The number of sulfonamides is 1. The van der Waals surface area contributed by atoms with E-state index in [1.807, 2.05) is 0 Å². The van der Waals surface area contributed by atoms with Crippen LogP contribution in [0.1, 0.15) is 5.56 Å². The molecule has 0 saturated heterocycles. The number of carbonyl (C=O) groups is 1. The number of nitrogens with one attached hydrogen (secondary N) is 1. The normalized spacial score (nSPS) is 11.6. The number of rotatable bonds is 6. The van der Waals surface area contributed by atoms with Crippen molar-refractivity contribution >= 4 is 21.6 Å². The van der Waals surface area contributed by atoms with Crippen LogP contribution in [-0.4, -0.2) is 32.8 Å². The molecule has 0 heterocycles. The van der Waals surface area contributed by atoms with E-state index in [-0.39, 0.29) is 29.2 Å². The molecular formula is C16H17F2N3O3S. The van der Waals surface area contributed by atoms with Crippen molar-refractivity contribution in [1.29, 1.82) is 0 Å². The molecule has 0 saturated carbocycles. The molecular weight excluding hydrogens is 352 g/mol. The van der Waals surface area contributed by atoms with Gasteiger partial charge in [-0.25, -0.2) is 22.3 Å². The molecule has 0 aromatic heterocycles. The van der Waals surface area contributed by atoms with Gasteiger partial charge in [0.25, 0.3) is 0 Å². The van der Waals surface area contributed by atoms with Crippen molar-refractivity contribution in [3.63, 3.8) is 0 Å². The number of amides is 1. The quantitative estimate of drug-likeness (QED) is 0.810. The summed E-state index contributed by atoms with van der Waals surface area (Å²) in [5.74, 6) is -1.78. The highest BCUT2D eigenvalue weighted by Gasteiger charge is 2.12. The van der Waals surface area contributed by atoms with Crippen molar-refractivity contribution in [1.82, 2.24) is 4.90 Å². The number of anilines is 1. The fourth-order valence-corrected chi connectivity index (χ4v) is 2.75. The summed E-state index contributed by atoms with van der Waals surface area (Å²) in [5, 5.41) is 7.58. The van der Waals surface area contributed by atoms with E-state index in [9.17, 15) is 22.0 Å². The van der Waals surface area contributed by atoms with Gasteiger partial charge in [-0.05, 0) is 31.3 Å². The van der Waals surface area contributed by atoms with Gasteiger partial charge in [-0.15, -0.1) is 0 Å². The third-order valence-electron chi connectivity index (χ3n) is 3.32. The second-order valence-electron chi connectivity index (χ2n) is 5.53. The smallest absolute Gasteiger partial charge is 0.238 e. The Morgan fingerprint density at radius 2 is 1.92 bits per heavy atom. The van der Waals surface area contributed by atoms with E-state index in [0.717, 1.165) is 12.1 Å². The Hall–Kier alpha value is -2.36. The summed E-state index contributed by atoms with van der Waals surface area (Å²) in [6, 6.07) is 8.77. The molecule has 9 heteroatoms. The second kappa shape index (κ2) is 7.68. The first-order valence-electron chi connectivity index (χ1n) is 7.20. The molecule has 0 aliphatic heterocycles. The van der Waals surface area contributed by atoms with E-state index < -0.39 is 27.6 Å². The van der Waals surface area contributed by atoms with Crippen LogP contribution in [0.5, 0.6) is 0 Å². The van der Waals surface area contributed by atoms with Crippen molar-refractivity contribution in [3.8, 4) is 0 Å². The van der Waals surface area contributed by atoms with Gasteiger partial charge in [-0.2, -0.15) is 0 Å². The largest absolute Gasteiger partial charge is 0.325 e. The van der Waals surface area contributed by atoms with E-state index >= 15 is 0 Å². The molecule has 2 rings (SSSR count). The molecule has 25 heavy (non-hydrogen) atoms. The van der Waals surface area contributed by atoms with E-state index in [2.05, 4.69) is 5.32 Å². The maximum Gasteiger partial charge on any atom is 0.238 e. The van der Waals surface area contributed by atoms with Crippen molar-refractivity contribution in [2.45, 2.75) is 11.4 Å². The Bertz CT molecular complexity index is 888. The standard InChI is InChI=1S/C16H17F2N3O3S/c1-21(9-11-5-6-12(17)7-15(11)18)10-16(22)20-13-3-2-4-14(8-13)25(19,23)24/h2-8H,9-10H2,1H3,(H,20,22)(H2,19,23,24). The van der Waals surface area contributed by atoms with E-state index in [0.29, 0.717) is 0 Å². The molecule has 134 valence electrons. The zero-order chi connectivity index (χ0) is 18.6. The number of hydrogen-bond donors (Lipinski definition) is 2. The fraction of sp³-hybridized carbons (Fsp3) is 0.188. The summed E-state index contributed by atoms with van der Waals surface area (Å²) in [6.45, 7) is 0.0349. The molecule has 2 aromatic rings. The molecule has 0 aliphatic rings. The molecule has 0 unspecified atom stereocenters. The molecule has 0 bridgehead atoms. The van der Waals surface area contributed by atoms with E-state index in [1.54, 1.807) is 7.05 Å². The predicted molar refractivity (Wildman–Crippen MR) is 89.1 cm³/mol. The summed E-state index contributed by atoms with van der Waals surface area (Å²) < 4.78 is 49.1. The number of nitrogens with two attached hydrogens (primary N) is 1. The maximum absolute atomic E-state index is 13.6. The molecule has 3 N–H and O–H groups in total. The van der Waals surface area contributed by atoms with Gasteiger partial charge in [0.1, 0.15) is 11.6 Å². The van der Waals surface area contributed by atoms with Crippen LogP contribution in [0.25, 0.3) is 0 Å². The lowest BCUT2D eigenvalue weighted by Crippen LogP contribution is -2.30. The van der Waals surface area contributed by atoms with Crippen LogP contribution < -0.4 is 10.5 Å². The third kappa shape index (κ3) is 5.59. The zero-order valence-corrected chi connectivity index (χ0v) is 14.2. The maximum atomic E-state index is 13.6. The Balaban J connectivity index is 1.98. The summed E-state index contributed by atoms with van der Waals surface area (Å²) in [5.41, 5.74) is 0.533. The summed E-state index contributed by atoms with van der Waals surface area (Å²) in [4.78, 5) is 13.4. The molecule has 0 atom stereocenters. The van der Waals surface area contributed by atoms with Gasteiger partial charge in [-0.3, -0.25) is 9.69 Å². The predicted octanol–water partition coefficient (Wildman–Crippen LogP) is 1.68. The molecule has 2 aromatic carbocycles. The first-order valence-corrected chi connectivity index (χ1v) is 8.75. The van der Waals surface area contributed by atoms with Crippen LogP contribution >= 0.6 is 0 Å². The molecule has 0 radical (unpaired) electrons. The van der Waals surface area contributed by atoms with Gasteiger partial charge in [0.05, 0.1) is 11.4 Å². The average Bonchev–Trinajstić information content (AvgIpc) is 2.49. The fourth-order valence-electron chi connectivity index (χ4n) is 2.19. The van der Waals surface area contributed by atoms with Crippen LogP contribution in [0.2, 0.25) is 0 Å². The Morgan fingerprint density at radius 1 is 1.20 bits per heavy atom. The van der Waals surface area contributed by atoms with Crippen LogP contribution in [0.4, 0.5) is 14.5 Å². The molecule has 0 spiro atoms. The highest BCUT2D eigenvalue weighted by atomic mass is 32.2. The van der Waals surface area contributed by atoms with Crippen molar-refractivity contribution < 1.29 is 22.0 Å². The third-order valence-corrected chi connectivity index (χ3v) is 4.23. The lowest BCUT2D eigenvalue weighted by Gasteiger charge is -2.17. The van der Waals surface area contributed by atoms with Crippen molar-refractivity contribution in [2.75, 3.05) is 18.9 Å². The average molecular weight is 369 g/mol. The highest BCUT2D eigenvalue weighted by Crippen LogP contribution is 2.15. The molecule has 6 nitrogen and oxygen atoms in total. The number of nitrogens with zero attached hydrogens (tertiary/aromatic N) is 1. The summed E-state index contributed by atoms with van der Waals surface area (Å²) >= 11 is 0. The minimum atomic E-state index is -3.87. The van der Waals surface area contributed by atoms with Crippen LogP contribution in [0.15, 0.2) is 47.4 Å². The first kappa shape index (κ1) is 19.0. The minimum absolute atomic E-state index is 0.0730. The topological polar surface area (TPSA) is 92.5 Å². The van der Waals surface area contributed by atoms with Gasteiger partial charge < -0.3 is 5.32 Å². The number of hydrogen-bond acceptors (Lipinski definition) is 4. The number of halogens is 2. The van der Waals surface area contributed by atoms with Gasteiger partial charge >= 0.3 is 0 Å². The van der Waals surface area contributed by atoms with E-state index in [4.69, 9.17) is 5.14 Å². The van der Waals surface area contributed by atoms with Gasteiger partial charge in [-0.1, -0.05) is 12.1 Å². The van der Waals surface area contributed by atoms with Gasteiger partial charge in [0.2, 0.25) is 15.9 Å². The lowest BCUT2D eigenvalue weighted by atomic mass is 10.2. The Labute approximate surface area is 144 Å². The highest BCUT2D eigenvalue weighted by molar-refractivity contribution is 7.89. The summed E-state index contributed by atoms with van der Waals surface area (Å²) in [7, 11) is -2.27. The SMILES string of the molecule is CN(CC(=O)Nc1cccc(S(N)(=O)=O)c1)Cc1ccc(F)cc1F. The van der Waals surface area contributed by atoms with Crippen molar-refractivity contribution in [3.05, 3.63) is 59.7 Å². The molecule has 1 amide bonds. The lowest BCUT2D eigenvalue weighted by molar-refractivity contribution is -0.117. The minimum Gasteiger partial charge on any atom is -0.325 e. The monoisotopic (exact) mass is 369 g/mol. The second-order valence-corrected chi connectivity index (χ2v) is 7.09. The Kier molecular flexibility index (Phi) is 5.83. The number of primary sulfonamides is 1. The van der Waals surface area contributed by atoms with Crippen LogP contribution in [0, 0.1) is 11.6 Å². The van der Waals surface area contributed by atoms with Crippen LogP contribution in [0.3, 0.4) is 0 Å². The van der Waals surface area contributed by atoms with Gasteiger partial charge in [0.15, 0.2) is 0 Å². The summed E-state index contributed by atoms with van der Waals surface area (Å²) in [6.07, 6.45) is 0. The molecule has 0 aliphatic carbocycles. The first-order chi connectivity index (χ1) is 11.6. The van der Waals surface area contributed by atoms with Gasteiger partial charge in [0, 0.05) is 23.9 Å². The number of carbonyl (C=O) groups excluding carboxylic acids is 1. The number of benzene rings is 2.